The topological polar surface area (TPSA) is 74.8 Å². The molecule has 0 N–H and O–H groups in total. The van der Waals surface area contributed by atoms with Gasteiger partial charge in [-0.2, -0.15) is 9.36 Å². The second kappa shape index (κ2) is 6.72. The van der Waals surface area contributed by atoms with E-state index in [1.165, 1.54) is 9.36 Å². The van der Waals surface area contributed by atoms with Crippen LogP contribution in [0.15, 0.2) is 53.3 Å². The predicted octanol–water partition coefficient (Wildman–Crippen LogP) is 3.20. The van der Waals surface area contributed by atoms with Gasteiger partial charge in [0.15, 0.2) is 0 Å². The zero-order chi connectivity index (χ0) is 18.1. The summed E-state index contributed by atoms with van der Waals surface area (Å²) in [6.45, 7) is 4.18. The zero-order valence-corrected chi connectivity index (χ0v) is 15.2. The molecule has 0 radical (unpaired) electrons. The molecule has 0 aliphatic heterocycles. The Labute approximate surface area is 153 Å². The Morgan fingerprint density at radius 2 is 1.85 bits per heavy atom. The van der Waals surface area contributed by atoms with Crippen molar-refractivity contribution in [1.82, 2.24) is 24.8 Å². The van der Waals surface area contributed by atoms with Crippen molar-refractivity contribution < 1.29 is 4.74 Å². The lowest BCUT2D eigenvalue weighted by molar-refractivity contribution is 0.306. The number of para-hydroxylation sites is 1. The van der Waals surface area contributed by atoms with Crippen LogP contribution in [0.1, 0.15) is 24.9 Å². The Kier molecular flexibility index (Phi) is 4.26. The molecule has 0 saturated heterocycles. The number of nitrogens with zero attached hydrogens (tertiary/aromatic N) is 5. The fraction of sp³-hybridized carbons (Fsp3) is 0.222. The summed E-state index contributed by atoms with van der Waals surface area (Å²) in [5.74, 6) is 0.706. The van der Waals surface area contributed by atoms with Crippen molar-refractivity contribution in [2.45, 2.75) is 26.5 Å². The Balaban J connectivity index is 1.48. The molecular formula is C18H17N5O2S. The lowest BCUT2D eigenvalue weighted by atomic mass is 10.3. The monoisotopic (exact) mass is 367 g/mol. The fourth-order valence-electron chi connectivity index (χ4n) is 2.55. The van der Waals surface area contributed by atoms with Crippen LogP contribution in [0.2, 0.25) is 0 Å². The highest BCUT2D eigenvalue weighted by molar-refractivity contribution is 7.18. The van der Waals surface area contributed by atoms with Crippen LogP contribution in [-0.2, 0) is 6.61 Å². The molecule has 132 valence electrons. The summed E-state index contributed by atoms with van der Waals surface area (Å²) < 4.78 is 9.57. The third kappa shape index (κ3) is 3.11. The van der Waals surface area contributed by atoms with Crippen molar-refractivity contribution in [3.63, 3.8) is 0 Å². The maximum Gasteiger partial charge on any atom is 0.368 e. The van der Waals surface area contributed by atoms with Crippen LogP contribution in [0.4, 0.5) is 0 Å². The summed E-state index contributed by atoms with van der Waals surface area (Å²) in [4.78, 5) is 16.8. The van der Waals surface area contributed by atoms with Gasteiger partial charge in [-0.3, -0.25) is 0 Å². The second-order valence-corrected chi connectivity index (χ2v) is 7.18. The van der Waals surface area contributed by atoms with E-state index in [1.54, 1.807) is 23.5 Å². The largest absolute Gasteiger partial charge is 0.486 e. The highest BCUT2D eigenvalue weighted by Crippen LogP contribution is 2.23. The molecule has 0 unspecified atom stereocenters. The number of ether oxygens (including phenoxy) is 1. The molecule has 8 heteroatoms. The number of hydrogen-bond acceptors (Lipinski definition) is 6. The molecule has 0 fully saturated rings. The number of fused-ring (bicyclic) bond motifs is 1. The number of rotatable bonds is 5. The van der Waals surface area contributed by atoms with Crippen molar-refractivity contribution >= 4 is 21.6 Å². The van der Waals surface area contributed by atoms with Gasteiger partial charge in [-0.05, 0) is 60.7 Å². The molecule has 26 heavy (non-hydrogen) atoms. The van der Waals surface area contributed by atoms with Crippen LogP contribution in [0.25, 0.3) is 15.9 Å². The van der Waals surface area contributed by atoms with Gasteiger partial charge in [0.2, 0.25) is 0 Å². The molecular weight excluding hydrogens is 350 g/mol. The Morgan fingerprint density at radius 3 is 2.54 bits per heavy atom. The van der Waals surface area contributed by atoms with E-state index in [2.05, 4.69) is 15.4 Å². The first kappa shape index (κ1) is 16.5. The lowest BCUT2D eigenvalue weighted by Crippen LogP contribution is -2.25. The number of benzene rings is 2. The minimum absolute atomic E-state index is 0.0346. The van der Waals surface area contributed by atoms with Crippen LogP contribution in [0.5, 0.6) is 5.75 Å². The van der Waals surface area contributed by atoms with E-state index in [0.717, 1.165) is 15.2 Å². The first-order chi connectivity index (χ1) is 12.6. The van der Waals surface area contributed by atoms with E-state index < -0.39 is 0 Å². The fourth-order valence-corrected chi connectivity index (χ4v) is 3.43. The van der Waals surface area contributed by atoms with Crippen LogP contribution < -0.4 is 10.4 Å². The molecule has 0 bridgehead atoms. The van der Waals surface area contributed by atoms with Crippen LogP contribution in [0.3, 0.4) is 0 Å². The summed E-state index contributed by atoms with van der Waals surface area (Å²) in [6.07, 6.45) is 0. The van der Waals surface area contributed by atoms with Gasteiger partial charge >= 0.3 is 5.69 Å². The maximum atomic E-state index is 12.3. The van der Waals surface area contributed by atoms with Crippen LogP contribution in [0, 0.1) is 0 Å². The molecule has 4 rings (SSSR count). The number of hydrogen-bond donors (Lipinski definition) is 0. The quantitative estimate of drug-likeness (QED) is 0.541. The summed E-state index contributed by atoms with van der Waals surface area (Å²) in [5, 5.41) is 8.74. The van der Waals surface area contributed by atoms with E-state index in [1.807, 2.05) is 50.2 Å². The minimum atomic E-state index is -0.261. The summed E-state index contributed by atoms with van der Waals surface area (Å²) in [6, 6.07) is 15.2. The highest BCUT2D eigenvalue weighted by atomic mass is 32.1. The van der Waals surface area contributed by atoms with Gasteiger partial charge in [-0.25, -0.2) is 9.78 Å². The molecule has 0 saturated carbocycles. The van der Waals surface area contributed by atoms with Crippen molar-refractivity contribution in [3.8, 4) is 11.4 Å². The molecule has 2 aromatic heterocycles. The Hall–Kier alpha value is -3.00. The molecule has 4 aromatic rings. The van der Waals surface area contributed by atoms with Gasteiger partial charge in [0.05, 0.1) is 21.9 Å². The van der Waals surface area contributed by atoms with Gasteiger partial charge in [-0.1, -0.05) is 12.1 Å². The average molecular weight is 367 g/mol. The zero-order valence-electron chi connectivity index (χ0n) is 14.4. The lowest BCUT2D eigenvalue weighted by Gasteiger charge is -2.05. The van der Waals surface area contributed by atoms with Crippen LogP contribution in [-0.4, -0.2) is 24.8 Å². The molecule has 7 nitrogen and oxygen atoms in total. The first-order valence-electron chi connectivity index (χ1n) is 8.24. The van der Waals surface area contributed by atoms with E-state index in [9.17, 15) is 4.79 Å². The standard InChI is InChI=1S/C18H17N5O2S/c1-12(2)22-18(24)23(21-20-22)13-7-9-14(10-8-13)25-11-17-19-15-5-3-4-6-16(15)26-17/h3-10,12H,11H2,1-2H3. The van der Waals surface area contributed by atoms with Gasteiger partial charge in [0, 0.05) is 0 Å². The van der Waals surface area contributed by atoms with Crippen molar-refractivity contribution in [2.75, 3.05) is 0 Å². The smallest absolute Gasteiger partial charge is 0.368 e. The molecule has 0 atom stereocenters. The third-order valence-electron chi connectivity index (χ3n) is 3.87. The molecule has 0 aliphatic carbocycles. The van der Waals surface area contributed by atoms with Crippen LogP contribution >= 0.6 is 11.3 Å². The van der Waals surface area contributed by atoms with Crippen molar-refractivity contribution in [1.29, 1.82) is 0 Å². The molecule has 0 spiro atoms. The van der Waals surface area contributed by atoms with Crippen molar-refractivity contribution in [2.24, 2.45) is 0 Å². The summed E-state index contributed by atoms with van der Waals surface area (Å²) >= 11 is 1.62. The van der Waals surface area contributed by atoms with E-state index in [0.29, 0.717) is 18.0 Å². The predicted molar refractivity (Wildman–Crippen MR) is 100.0 cm³/mol. The van der Waals surface area contributed by atoms with Crippen molar-refractivity contribution in [3.05, 3.63) is 64.0 Å². The number of thiazole rings is 1. The van der Waals surface area contributed by atoms with Gasteiger partial charge in [0.1, 0.15) is 17.4 Å². The van der Waals surface area contributed by atoms with E-state index >= 15 is 0 Å². The highest BCUT2D eigenvalue weighted by Gasteiger charge is 2.11. The van der Waals surface area contributed by atoms with Gasteiger partial charge < -0.3 is 4.74 Å². The Morgan fingerprint density at radius 1 is 1.08 bits per heavy atom. The minimum Gasteiger partial charge on any atom is -0.486 e. The molecule has 0 amide bonds. The normalized spacial score (nSPS) is 11.3. The third-order valence-corrected chi connectivity index (χ3v) is 4.88. The molecule has 2 heterocycles. The molecule has 2 aromatic carbocycles. The summed E-state index contributed by atoms with van der Waals surface area (Å²) in [7, 11) is 0. The number of tetrazole rings is 1. The Bertz CT molecular complexity index is 1060. The van der Waals surface area contributed by atoms with E-state index in [4.69, 9.17) is 4.74 Å². The summed E-state index contributed by atoms with van der Waals surface area (Å²) in [5.41, 5.74) is 1.37. The average Bonchev–Trinajstić information content (AvgIpc) is 3.23. The SMILES string of the molecule is CC(C)n1nnn(-c2ccc(OCc3nc4ccccc4s3)cc2)c1=O. The first-order valence-corrected chi connectivity index (χ1v) is 9.05. The van der Waals surface area contributed by atoms with Gasteiger partial charge in [-0.15, -0.1) is 11.3 Å². The van der Waals surface area contributed by atoms with E-state index in [-0.39, 0.29) is 11.7 Å². The van der Waals surface area contributed by atoms with Gasteiger partial charge in [0.25, 0.3) is 0 Å². The number of aromatic nitrogens is 5. The molecule has 0 aliphatic rings. The maximum absolute atomic E-state index is 12.3. The second-order valence-electron chi connectivity index (χ2n) is 6.07.